The van der Waals surface area contributed by atoms with E-state index in [1.807, 2.05) is 0 Å². The number of aliphatic hydroxyl groups excluding tert-OH is 2. The highest BCUT2D eigenvalue weighted by Gasteiger charge is 2.26. The number of nitrogens with one attached hydrogen (secondary N) is 1. The van der Waals surface area contributed by atoms with Gasteiger partial charge in [-0.25, -0.2) is 0 Å². The summed E-state index contributed by atoms with van der Waals surface area (Å²) in [5.41, 5.74) is 0. The molecule has 3 N–H and O–H groups in total. The number of rotatable bonds is 5. The smallest absolute Gasteiger partial charge is 0.0693 e. The predicted octanol–water partition coefficient (Wildman–Crippen LogP) is 1.29. The molecule has 0 amide bonds. The molecule has 0 saturated heterocycles. The van der Waals surface area contributed by atoms with Gasteiger partial charge in [-0.2, -0.15) is 0 Å². The van der Waals surface area contributed by atoms with Gasteiger partial charge >= 0.3 is 0 Å². The molecule has 1 aliphatic carbocycles. The van der Waals surface area contributed by atoms with Crippen molar-refractivity contribution in [2.24, 2.45) is 5.92 Å². The molecule has 90 valence electrons. The maximum Gasteiger partial charge on any atom is 0.0693 e. The van der Waals surface area contributed by atoms with Crippen LogP contribution in [-0.2, 0) is 0 Å². The molecule has 0 spiro atoms. The second-order valence-corrected chi connectivity index (χ2v) is 4.99. The van der Waals surface area contributed by atoms with Crippen molar-refractivity contribution in [3.05, 3.63) is 0 Å². The Balaban J connectivity index is 2.41. The fourth-order valence-corrected chi connectivity index (χ4v) is 2.33. The summed E-state index contributed by atoms with van der Waals surface area (Å²) >= 11 is 0. The molecule has 3 heteroatoms. The lowest BCUT2D eigenvalue weighted by Crippen LogP contribution is -2.49. The Hall–Kier alpha value is -0.120. The highest BCUT2D eigenvalue weighted by Crippen LogP contribution is 2.20. The van der Waals surface area contributed by atoms with Gasteiger partial charge in [-0.1, -0.05) is 26.7 Å². The second-order valence-electron chi connectivity index (χ2n) is 4.99. The molecular formula is C12H25NO2. The van der Waals surface area contributed by atoms with Crippen molar-refractivity contribution in [1.29, 1.82) is 0 Å². The first kappa shape index (κ1) is 12.9. The van der Waals surface area contributed by atoms with E-state index in [2.05, 4.69) is 19.2 Å². The minimum Gasteiger partial charge on any atom is -0.396 e. The first-order chi connectivity index (χ1) is 7.15. The molecule has 3 unspecified atom stereocenters. The van der Waals surface area contributed by atoms with E-state index in [-0.39, 0.29) is 18.8 Å². The zero-order valence-corrected chi connectivity index (χ0v) is 9.95. The van der Waals surface area contributed by atoms with Crippen LogP contribution >= 0.6 is 0 Å². The van der Waals surface area contributed by atoms with Gasteiger partial charge in [-0.05, 0) is 25.2 Å². The first-order valence-electron chi connectivity index (χ1n) is 6.20. The lowest BCUT2D eigenvalue weighted by atomic mass is 9.90. The maximum absolute atomic E-state index is 9.84. The molecule has 0 radical (unpaired) electrons. The van der Waals surface area contributed by atoms with E-state index in [4.69, 9.17) is 5.11 Å². The summed E-state index contributed by atoms with van der Waals surface area (Å²) in [7, 11) is 0. The summed E-state index contributed by atoms with van der Waals surface area (Å²) in [6.07, 6.45) is 4.92. The van der Waals surface area contributed by atoms with Crippen LogP contribution in [0.5, 0.6) is 0 Å². The quantitative estimate of drug-likeness (QED) is 0.647. The van der Waals surface area contributed by atoms with Crippen molar-refractivity contribution in [1.82, 2.24) is 5.32 Å². The fraction of sp³-hybridized carbons (Fsp3) is 1.00. The van der Waals surface area contributed by atoms with Crippen LogP contribution in [-0.4, -0.2) is 35.0 Å². The van der Waals surface area contributed by atoms with Crippen molar-refractivity contribution in [2.75, 3.05) is 6.61 Å². The van der Waals surface area contributed by atoms with Crippen molar-refractivity contribution >= 4 is 0 Å². The van der Waals surface area contributed by atoms with Crippen molar-refractivity contribution in [3.8, 4) is 0 Å². The molecule has 0 heterocycles. The summed E-state index contributed by atoms with van der Waals surface area (Å²) < 4.78 is 0. The molecule has 1 saturated carbocycles. The van der Waals surface area contributed by atoms with Crippen LogP contribution in [0.3, 0.4) is 0 Å². The van der Waals surface area contributed by atoms with Crippen LogP contribution in [0, 0.1) is 5.92 Å². The summed E-state index contributed by atoms with van der Waals surface area (Å²) in [6.45, 7) is 4.53. The van der Waals surface area contributed by atoms with Gasteiger partial charge in [0.05, 0.1) is 6.10 Å². The van der Waals surface area contributed by atoms with E-state index in [9.17, 15) is 5.11 Å². The molecule has 0 bridgehead atoms. The van der Waals surface area contributed by atoms with Gasteiger partial charge in [0.25, 0.3) is 0 Å². The highest BCUT2D eigenvalue weighted by molar-refractivity contribution is 4.84. The van der Waals surface area contributed by atoms with Gasteiger partial charge in [-0.15, -0.1) is 0 Å². The molecule has 3 nitrogen and oxygen atoms in total. The second kappa shape index (κ2) is 6.46. The zero-order valence-electron chi connectivity index (χ0n) is 9.95. The van der Waals surface area contributed by atoms with E-state index in [0.29, 0.717) is 12.0 Å². The largest absolute Gasteiger partial charge is 0.396 e. The number of aliphatic hydroxyl groups is 2. The van der Waals surface area contributed by atoms with Crippen molar-refractivity contribution < 1.29 is 10.2 Å². The van der Waals surface area contributed by atoms with E-state index < -0.39 is 0 Å². The minimum atomic E-state index is -0.196. The topological polar surface area (TPSA) is 52.5 Å². The SMILES string of the molecule is CC(C)C(CCO)NC1CCCCC1O. The Morgan fingerprint density at radius 3 is 2.47 bits per heavy atom. The molecule has 15 heavy (non-hydrogen) atoms. The first-order valence-corrected chi connectivity index (χ1v) is 6.20. The third-order valence-corrected chi connectivity index (χ3v) is 3.40. The fourth-order valence-electron chi connectivity index (χ4n) is 2.33. The molecule has 0 aliphatic heterocycles. The highest BCUT2D eigenvalue weighted by atomic mass is 16.3. The van der Waals surface area contributed by atoms with Crippen LogP contribution in [0.25, 0.3) is 0 Å². The van der Waals surface area contributed by atoms with E-state index in [1.54, 1.807) is 0 Å². The van der Waals surface area contributed by atoms with Crippen LogP contribution in [0.2, 0.25) is 0 Å². The molecule has 1 fully saturated rings. The minimum absolute atomic E-state index is 0.196. The van der Waals surface area contributed by atoms with Gasteiger partial charge in [0.1, 0.15) is 0 Å². The Morgan fingerprint density at radius 2 is 1.93 bits per heavy atom. The molecule has 1 rings (SSSR count). The summed E-state index contributed by atoms with van der Waals surface area (Å²) in [4.78, 5) is 0. The van der Waals surface area contributed by atoms with E-state index >= 15 is 0 Å². The third kappa shape index (κ3) is 4.09. The molecule has 0 aromatic rings. The molecule has 0 aromatic heterocycles. The summed E-state index contributed by atoms with van der Waals surface area (Å²) in [5.74, 6) is 0.506. The lowest BCUT2D eigenvalue weighted by molar-refractivity contribution is 0.0777. The summed E-state index contributed by atoms with van der Waals surface area (Å²) in [6, 6.07) is 0.561. The molecule has 3 atom stereocenters. The number of hydrogen-bond donors (Lipinski definition) is 3. The average molecular weight is 215 g/mol. The molecule has 1 aliphatic rings. The Morgan fingerprint density at radius 1 is 1.27 bits per heavy atom. The van der Waals surface area contributed by atoms with Gasteiger partial charge < -0.3 is 15.5 Å². The standard InChI is InChI=1S/C12H25NO2/c1-9(2)10(7-8-14)13-11-5-3-4-6-12(11)15/h9-15H,3-8H2,1-2H3. The van der Waals surface area contributed by atoms with Gasteiger partial charge in [0.2, 0.25) is 0 Å². The van der Waals surface area contributed by atoms with Crippen LogP contribution in [0.4, 0.5) is 0 Å². The van der Waals surface area contributed by atoms with Gasteiger partial charge in [-0.3, -0.25) is 0 Å². The maximum atomic E-state index is 9.84. The Kier molecular flexibility index (Phi) is 5.58. The van der Waals surface area contributed by atoms with E-state index in [0.717, 1.165) is 25.7 Å². The van der Waals surface area contributed by atoms with Crippen molar-refractivity contribution in [2.45, 2.75) is 64.1 Å². The predicted molar refractivity (Wildman–Crippen MR) is 61.7 cm³/mol. The van der Waals surface area contributed by atoms with Crippen LogP contribution in [0.15, 0.2) is 0 Å². The van der Waals surface area contributed by atoms with E-state index in [1.165, 1.54) is 6.42 Å². The van der Waals surface area contributed by atoms with Crippen LogP contribution < -0.4 is 5.32 Å². The Labute approximate surface area is 92.9 Å². The normalized spacial score (nSPS) is 29.4. The van der Waals surface area contributed by atoms with Gasteiger partial charge in [0, 0.05) is 18.7 Å². The van der Waals surface area contributed by atoms with Crippen LogP contribution in [0.1, 0.15) is 46.0 Å². The third-order valence-electron chi connectivity index (χ3n) is 3.40. The number of hydrogen-bond acceptors (Lipinski definition) is 3. The van der Waals surface area contributed by atoms with Crippen molar-refractivity contribution in [3.63, 3.8) is 0 Å². The average Bonchev–Trinajstić information content (AvgIpc) is 2.20. The Bertz CT molecular complexity index is 171. The lowest BCUT2D eigenvalue weighted by Gasteiger charge is -2.33. The van der Waals surface area contributed by atoms with Gasteiger partial charge in [0.15, 0.2) is 0 Å². The molecule has 0 aromatic carbocycles. The summed E-state index contributed by atoms with van der Waals surface area (Å²) in [5, 5.41) is 22.3. The zero-order chi connectivity index (χ0) is 11.3. The monoisotopic (exact) mass is 215 g/mol. The molecular weight excluding hydrogens is 190 g/mol.